The zero-order valence-electron chi connectivity index (χ0n) is 9.01. The van der Waals surface area contributed by atoms with Gasteiger partial charge in [0, 0.05) is 5.69 Å². The topological polar surface area (TPSA) is 61.9 Å². The number of benzene rings is 1. The largest absolute Gasteiger partial charge is 0.386 e. The molecule has 1 atom stereocenters. The second kappa shape index (κ2) is 3.93. The lowest BCUT2D eigenvalue weighted by Gasteiger charge is -2.11. The van der Waals surface area contributed by atoms with E-state index < -0.39 is 0 Å². The van der Waals surface area contributed by atoms with Gasteiger partial charge in [0.1, 0.15) is 5.84 Å². The van der Waals surface area contributed by atoms with Gasteiger partial charge in [0.05, 0.1) is 6.54 Å². The third kappa shape index (κ3) is 1.96. The molecule has 2 rings (SSSR count). The van der Waals surface area contributed by atoms with Crippen LogP contribution in [-0.2, 0) is 6.42 Å². The van der Waals surface area contributed by atoms with Crippen LogP contribution in [0.25, 0.3) is 0 Å². The van der Waals surface area contributed by atoms with Crippen LogP contribution in [0.3, 0.4) is 0 Å². The van der Waals surface area contributed by atoms with E-state index >= 15 is 0 Å². The first-order chi connectivity index (χ1) is 7.18. The number of amidine groups is 1. The Hall–Kier alpha value is -1.51. The van der Waals surface area contributed by atoms with Crippen LogP contribution >= 0.6 is 0 Å². The van der Waals surface area contributed by atoms with E-state index in [0.29, 0.717) is 12.5 Å². The van der Waals surface area contributed by atoms with Crippen molar-refractivity contribution in [1.29, 1.82) is 5.41 Å². The van der Waals surface area contributed by atoms with Crippen molar-refractivity contribution in [2.24, 2.45) is 5.73 Å². The third-order valence-corrected chi connectivity index (χ3v) is 3.04. The van der Waals surface area contributed by atoms with Crippen molar-refractivity contribution in [3.63, 3.8) is 0 Å². The number of nitrogens with one attached hydrogen (secondary N) is 2. The molecule has 0 spiro atoms. The Kier molecular flexibility index (Phi) is 2.62. The Balaban J connectivity index is 2.22. The molecule has 3 heteroatoms. The molecule has 0 heterocycles. The number of hydrogen-bond donors (Lipinski definition) is 3. The van der Waals surface area contributed by atoms with Crippen LogP contribution in [0, 0.1) is 5.41 Å². The fourth-order valence-electron chi connectivity index (χ4n) is 2.22. The van der Waals surface area contributed by atoms with Crippen molar-refractivity contribution < 1.29 is 0 Å². The van der Waals surface area contributed by atoms with Crippen molar-refractivity contribution in [3.8, 4) is 0 Å². The highest BCUT2D eigenvalue weighted by atomic mass is 14.9. The maximum absolute atomic E-state index is 7.20. The van der Waals surface area contributed by atoms with Crippen molar-refractivity contribution in [2.75, 3.05) is 11.9 Å². The molecule has 4 N–H and O–H groups in total. The highest BCUT2D eigenvalue weighted by Crippen LogP contribution is 2.36. The number of fused-ring (bicyclic) bond motifs is 1. The molecule has 0 amide bonds. The lowest BCUT2D eigenvalue weighted by molar-refractivity contribution is 0.747. The molecule has 1 aliphatic rings. The normalized spacial score (nSPS) is 18.6. The van der Waals surface area contributed by atoms with Crippen LogP contribution in [0.5, 0.6) is 0 Å². The average Bonchev–Trinajstić information content (AvgIpc) is 2.58. The second-order valence-electron chi connectivity index (χ2n) is 4.19. The summed E-state index contributed by atoms with van der Waals surface area (Å²) in [5.74, 6) is 0.845. The Morgan fingerprint density at radius 2 is 2.40 bits per heavy atom. The molecule has 1 aliphatic carbocycles. The van der Waals surface area contributed by atoms with Gasteiger partial charge in [-0.25, -0.2) is 0 Å². The first-order valence-corrected chi connectivity index (χ1v) is 5.37. The van der Waals surface area contributed by atoms with Crippen molar-refractivity contribution in [2.45, 2.75) is 25.7 Å². The van der Waals surface area contributed by atoms with E-state index in [9.17, 15) is 0 Å². The molecule has 1 aromatic rings. The molecular weight excluding hydrogens is 186 g/mol. The van der Waals surface area contributed by atoms with E-state index in [0.717, 1.165) is 12.1 Å². The Morgan fingerprint density at radius 3 is 3.13 bits per heavy atom. The monoisotopic (exact) mass is 203 g/mol. The number of rotatable bonds is 3. The first kappa shape index (κ1) is 10.0. The van der Waals surface area contributed by atoms with Crippen LogP contribution in [0.15, 0.2) is 18.2 Å². The van der Waals surface area contributed by atoms with Gasteiger partial charge in [-0.1, -0.05) is 19.1 Å². The smallest absolute Gasteiger partial charge is 0.110 e. The van der Waals surface area contributed by atoms with Gasteiger partial charge in [-0.05, 0) is 36.0 Å². The fourth-order valence-corrected chi connectivity index (χ4v) is 2.22. The lowest BCUT2D eigenvalue weighted by Crippen LogP contribution is -2.21. The maximum Gasteiger partial charge on any atom is 0.110 e. The standard InChI is InChI=1S/C12H17N3/c1-8-5-6-10-9(8)3-2-4-11(10)15-7-12(13)14/h2-4,8,15H,5-7H2,1H3,(H3,13,14). The highest BCUT2D eigenvalue weighted by molar-refractivity contribution is 5.82. The van der Waals surface area contributed by atoms with E-state index in [4.69, 9.17) is 11.1 Å². The molecule has 0 aromatic heterocycles. The summed E-state index contributed by atoms with van der Waals surface area (Å²) >= 11 is 0. The summed E-state index contributed by atoms with van der Waals surface area (Å²) in [6, 6.07) is 6.34. The van der Waals surface area contributed by atoms with Gasteiger partial charge in [0.2, 0.25) is 0 Å². The molecule has 1 aromatic carbocycles. The van der Waals surface area contributed by atoms with Crippen LogP contribution in [0.2, 0.25) is 0 Å². The lowest BCUT2D eigenvalue weighted by atomic mass is 10.0. The van der Waals surface area contributed by atoms with E-state index in [1.54, 1.807) is 0 Å². The molecule has 0 saturated carbocycles. The summed E-state index contributed by atoms with van der Waals surface area (Å²) in [5, 5.41) is 10.4. The quantitative estimate of drug-likeness (QED) is 0.520. The van der Waals surface area contributed by atoms with Gasteiger partial charge >= 0.3 is 0 Å². The van der Waals surface area contributed by atoms with Crippen LogP contribution < -0.4 is 11.1 Å². The van der Waals surface area contributed by atoms with E-state index in [1.807, 2.05) is 0 Å². The van der Waals surface area contributed by atoms with Gasteiger partial charge < -0.3 is 11.1 Å². The number of nitrogens with two attached hydrogens (primary N) is 1. The third-order valence-electron chi connectivity index (χ3n) is 3.04. The molecule has 0 fully saturated rings. The summed E-state index contributed by atoms with van der Waals surface area (Å²) in [4.78, 5) is 0. The van der Waals surface area contributed by atoms with Gasteiger partial charge in [-0.15, -0.1) is 0 Å². The summed E-state index contributed by atoms with van der Waals surface area (Å²) in [6.07, 6.45) is 2.37. The second-order valence-corrected chi connectivity index (χ2v) is 4.19. The molecule has 0 aliphatic heterocycles. The summed E-state index contributed by atoms with van der Waals surface area (Å²) in [7, 11) is 0. The molecule has 15 heavy (non-hydrogen) atoms. The van der Waals surface area contributed by atoms with Gasteiger partial charge in [-0.3, -0.25) is 5.41 Å². The molecule has 80 valence electrons. The van der Waals surface area contributed by atoms with Crippen molar-refractivity contribution in [1.82, 2.24) is 0 Å². The molecule has 3 nitrogen and oxygen atoms in total. The Morgan fingerprint density at radius 1 is 1.60 bits per heavy atom. The molecule has 0 saturated heterocycles. The predicted octanol–water partition coefficient (Wildman–Crippen LogP) is 2.08. The Labute approximate surface area is 90.2 Å². The van der Waals surface area contributed by atoms with E-state index in [1.165, 1.54) is 17.5 Å². The molecule has 1 unspecified atom stereocenters. The molecule has 0 radical (unpaired) electrons. The van der Waals surface area contributed by atoms with Crippen LogP contribution in [0.1, 0.15) is 30.4 Å². The van der Waals surface area contributed by atoms with Gasteiger partial charge in [0.15, 0.2) is 0 Å². The molecule has 0 bridgehead atoms. The van der Waals surface area contributed by atoms with E-state index in [-0.39, 0.29) is 5.84 Å². The van der Waals surface area contributed by atoms with Gasteiger partial charge in [0.25, 0.3) is 0 Å². The molecular formula is C12H17N3. The van der Waals surface area contributed by atoms with E-state index in [2.05, 4.69) is 30.4 Å². The van der Waals surface area contributed by atoms with Crippen LogP contribution in [-0.4, -0.2) is 12.4 Å². The highest BCUT2D eigenvalue weighted by Gasteiger charge is 2.20. The van der Waals surface area contributed by atoms with Crippen molar-refractivity contribution >= 4 is 11.5 Å². The van der Waals surface area contributed by atoms with Crippen molar-refractivity contribution in [3.05, 3.63) is 29.3 Å². The summed E-state index contributed by atoms with van der Waals surface area (Å²) < 4.78 is 0. The Bertz CT molecular complexity index is 384. The predicted molar refractivity (Wildman–Crippen MR) is 63.6 cm³/mol. The minimum Gasteiger partial charge on any atom is -0.386 e. The van der Waals surface area contributed by atoms with Crippen LogP contribution in [0.4, 0.5) is 5.69 Å². The zero-order chi connectivity index (χ0) is 10.8. The first-order valence-electron chi connectivity index (χ1n) is 5.37. The number of hydrogen-bond acceptors (Lipinski definition) is 2. The minimum absolute atomic E-state index is 0.179. The SMILES string of the molecule is CC1CCc2c(NCC(=N)N)cccc21. The minimum atomic E-state index is 0.179. The average molecular weight is 203 g/mol. The number of anilines is 1. The maximum atomic E-state index is 7.20. The fraction of sp³-hybridized carbons (Fsp3) is 0.417. The van der Waals surface area contributed by atoms with Gasteiger partial charge in [-0.2, -0.15) is 0 Å². The summed E-state index contributed by atoms with van der Waals surface area (Å²) in [6.45, 7) is 2.70. The zero-order valence-corrected chi connectivity index (χ0v) is 9.01. The summed E-state index contributed by atoms with van der Waals surface area (Å²) in [5.41, 5.74) is 9.34.